The summed E-state index contributed by atoms with van der Waals surface area (Å²) in [5, 5.41) is 9.24. The fourth-order valence-electron chi connectivity index (χ4n) is 3.24. The summed E-state index contributed by atoms with van der Waals surface area (Å²) >= 11 is 0. The topological polar surface area (TPSA) is 50.1 Å². The molecule has 2 aliphatic rings. The predicted octanol–water partition coefficient (Wildman–Crippen LogP) is 3.36. The first-order chi connectivity index (χ1) is 9.27. The Balaban J connectivity index is 2.30. The lowest BCUT2D eigenvalue weighted by atomic mass is 9.54. The highest BCUT2D eigenvalue weighted by Gasteiger charge is 2.67. The van der Waals surface area contributed by atoms with Crippen molar-refractivity contribution < 1.29 is 9.53 Å². The molecule has 1 unspecified atom stereocenters. The summed E-state index contributed by atoms with van der Waals surface area (Å²) in [5.74, 6) is -0.210. The summed E-state index contributed by atoms with van der Waals surface area (Å²) in [5.41, 5.74) is 0.415. The number of ketones is 1. The quantitative estimate of drug-likeness (QED) is 0.724. The van der Waals surface area contributed by atoms with E-state index in [9.17, 15) is 10.1 Å². The van der Waals surface area contributed by atoms with Gasteiger partial charge in [-0.2, -0.15) is 5.26 Å². The molecule has 1 atom stereocenters. The summed E-state index contributed by atoms with van der Waals surface area (Å²) in [6.07, 6.45) is 1.71. The van der Waals surface area contributed by atoms with E-state index in [1.165, 1.54) is 0 Å². The first-order valence-electron chi connectivity index (χ1n) is 6.74. The van der Waals surface area contributed by atoms with Crippen molar-refractivity contribution in [2.75, 3.05) is 0 Å². The first kappa shape index (κ1) is 13.1. The van der Waals surface area contributed by atoms with Gasteiger partial charge in [0.25, 0.3) is 0 Å². The van der Waals surface area contributed by atoms with Gasteiger partial charge in [-0.1, -0.05) is 38.1 Å². The maximum absolute atomic E-state index is 12.3. The van der Waals surface area contributed by atoms with E-state index in [4.69, 9.17) is 4.74 Å². The van der Waals surface area contributed by atoms with E-state index in [-0.39, 0.29) is 22.4 Å². The van der Waals surface area contributed by atoms with E-state index in [0.717, 1.165) is 5.56 Å². The van der Waals surface area contributed by atoms with Crippen molar-refractivity contribution in [1.82, 2.24) is 0 Å². The number of Topliss-reactive ketones (excluding diaryl/α,β-unsaturated/α-hetero) is 1. The van der Waals surface area contributed by atoms with Crippen molar-refractivity contribution in [3.8, 4) is 6.07 Å². The van der Waals surface area contributed by atoms with E-state index in [1.807, 2.05) is 38.1 Å². The van der Waals surface area contributed by atoms with Gasteiger partial charge in [0.15, 0.2) is 0 Å². The maximum Gasteiger partial charge on any atom is 0.203 e. The van der Waals surface area contributed by atoms with Crippen LogP contribution in [0.1, 0.15) is 43.6 Å². The number of benzene rings is 1. The molecule has 3 rings (SSSR count). The van der Waals surface area contributed by atoms with Gasteiger partial charge in [0.1, 0.15) is 11.7 Å². The third kappa shape index (κ3) is 1.25. The minimum Gasteiger partial charge on any atom is -0.359 e. The number of nitrogens with zero attached hydrogens (tertiary/aromatic N) is 1. The van der Waals surface area contributed by atoms with Crippen LogP contribution >= 0.6 is 0 Å². The Morgan fingerprint density at radius 1 is 1.15 bits per heavy atom. The van der Waals surface area contributed by atoms with Gasteiger partial charge in [-0.25, -0.2) is 0 Å². The smallest absolute Gasteiger partial charge is 0.203 e. The molecule has 3 nitrogen and oxygen atoms in total. The van der Waals surface area contributed by atoms with Crippen LogP contribution in [0.5, 0.6) is 0 Å². The van der Waals surface area contributed by atoms with Crippen molar-refractivity contribution >= 4 is 5.78 Å². The highest BCUT2D eigenvalue weighted by atomic mass is 16.6. The molecule has 20 heavy (non-hydrogen) atoms. The number of hydrogen-bond donors (Lipinski definition) is 0. The normalized spacial score (nSPS) is 29.1. The second kappa shape index (κ2) is 3.59. The molecule has 1 aliphatic heterocycles. The van der Waals surface area contributed by atoms with Gasteiger partial charge in [-0.3, -0.25) is 4.79 Å². The Morgan fingerprint density at radius 2 is 1.80 bits per heavy atom. The molecule has 1 spiro atoms. The average molecular weight is 267 g/mol. The summed E-state index contributed by atoms with van der Waals surface area (Å²) in [6, 6.07) is 9.44. The summed E-state index contributed by atoms with van der Waals surface area (Å²) in [6.45, 7) is 8.32. The number of fused-ring (bicyclic) bond motifs is 2. The molecule has 0 N–H and O–H groups in total. The zero-order valence-corrected chi connectivity index (χ0v) is 12.2. The number of nitriles is 1. The van der Waals surface area contributed by atoms with Crippen molar-refractivity contribution in [1.29, 1.82) is 5.26 Å². The number of carbonyl (C=O) groups excluding carboxylic acids is 1. The molecule has 1 aliphatic carbocycles. The van der Waals surface area contributed by atoms with Crippen LogP contribution in [0.15, 0.2) is 35.9 Å². The number of carbonyl (C=O) groups is 1. The minimum absolute atomic E-state index is 0.173. The van der Waals surface area contributed by atoms with Gasteiger partial charge in [0.2, 0.25) is 5.78 Å². The minimum atomic E-state index is -0.688. The molecule has 0 aromatic heterocycles. The van der Waals surface area contributed by atoms with Crippen LogP contribution in [0.25, 0.3) is 0 Å². The molecule has 1 saturated heterocycles. The van der Waals surface area contributed by atoms with Gasteiger partial charge < -0.3 is 4.74 Å². The number of hydrogen-bond acceptors (Lipinski definition) is 3. The molecule has 1 fully saturated rings. The SMILES string of the molecule is CC1(C)OC2(C=C(C#N)C(=O)c3ccccc32)C1(C)C. The molecule has 0 bridgehead atoms. The fourth-order valence-corrected chi connectivity index (χ4v) is 3.24. The lowest BCUT2D eigenvalue weighted by Crippen LogP contribution is -2.69. The molecule has 1 aromatic carbocycles. The second-order valence-electron chi connectivity index (χ2n) is 6.52. The summed E-state index contributed by atoms with van der Waals surface area (Å²) in [7, 11) is 0. The third-order valence-electron chi connectivity index (χ3n) is 5.13. The Hall–Kier alpha value is -1.92. The van der Waals surface area contributed by atoms with Gasteiger partial charge in [0.05, 0.1) is 11.2 Å². The Morgan fingerprint density at radius 3 is 2.35 bits per heavy atom. The molecule has 1 aromatic rings. The summed E-state index contributed by atoms with van der Waals surface area (Å²) in [4.78, 5) is 12.3. The second-order valence-corrected chi connectivity index (χ2v) is 6.52. The third-order valence-corrected chi connectivity index (χ3v) is 5.13. The molecule has 0 saturated carbocycles. The zero-order chi connectivity index (χ0) is 14.8. The maximum atomic E-state index is 12.3. The molecule has 0 radical (unpaired) electrons. The standard InChI is InChI=1S/C17H17NO2/c1-15(2)16(3,4)20-17(15)9-11(10-18)14(19)12-7-5-6-8-13(12)17/h5-9H,1-4H3. The van der Waals surface area contributed by atoms with E-state index in [1.54, 1.807) is 12.1 Å². The van der Waals surface area contributed by atoms with Crippen molar-refractivity contribution in [3.63, 3.8) is 0 Å². The average Bonchev–Trinajstić information content (AvgIpc) is 2.41. The van der Waals surface area contributed by atoms with Crippen molar-refractivity contribution in [2.24, 2.45) is 5.41 Å². The van der Waals surface area contributed by atoms with E-state index >= 15 is 0 Å². The van der Waals surface area contributed by atoms with Gasteiger partial charge in [-0.15, -0.1) is 0 Å². The lowest BCUT2D eigenvalue weighted by molar-refractivity contribution is -0.342. The Kier molecular flexibility index (Phi) is 2.35. The summed E-state index contributed by atoms with van der Waals surface area (Å²) < 4.78 is 6.20. The largest absolute Gasteiger partial charge is 0.359 e. The van der Waals surface area contributed by atoms with E-state index < -0.39 is 5.60 Å². The van der Waals surface area contributed by atoms with Crippen LogP contribution < -0.4 is 0 Å². The Labute approximate surface area is 118 Å². The number of ether oxygens (including phenoxy) is 1. The van der Waals surface area contributed by atoms with E-state index in [0.29, 0.717) is 5.56 Å². The van der Waals surface area contributed by atoms with Crippen molar-refractivity contribution in [3.05, 3.63) is 47.0 Å². The van der Waals surface area contributed by atoms with Crippen LogP contribution in [-0.4, -0.2) is 11.4 Å². The van der Waals surface area contributed by atoms with Crippen molar-refractivity contribution in [2.45, 2.75) is 38.9 Å². The van der Waals surface area contributed by atoms with Crippen LogP contribution in [-0.2, 0) is 10.3 Å². The fraction of sp³-hybridized carbons (Fsp3) is 0.412. The lowest BCUT2D eigenvalue weighted by Gasteiger charge is -2.66. The van der Waals surface area contributed by atoms with Gasteiger partial charge in [0, 0.05) is 11.0 Å². The molecular formula is C17H17NO2. The van der Waals surface area contributed by atoms with Crippen LogP contribution in [0, 0.1) is 16.7 Å². The number of rotatable bonds is 0. The first-order valence-corrected chi connectivity index (χ1v) is 6.74. The molecule has 3 heteroatoms. The molecule has 0 amide bonds. The highest BCUT2D eigenvalue weighted by molar-refractivity contribution is 6.13. The van der Waals surface area contributed by atoms with Gasteiger partial charge >= 0.3 is 0 Å². The number of allylic oxidation sites excluding steroid dienone is 1. The van der Waals surface area contributed by atoms with Gasteiger partial charge in [-0.05, 0) is 25.5 Å². The monoisotopic (exact) mass is 267 g/mol. The molecule has 102 valence electrons. The molecular weight excluding hydrogens is 250 g/mol. The van der Waals surface area contributed by atoms with Crippen LogP contribution in [0.2, 0.25) is 0 Å². The van der Waals surface area contributed by atoms with E-state index in [2.05, 4.69) is 13.8 Å². The predicted molar refractivity (Wildman–Crippen MR) is 75.1 cm³/mol. The zero-order valence-electron chi connectivity index (χ0n) is 12.2. The molecule has 1 heterocycles. The highest BCUT2D eigenvalue weighted by Crippen LogP contribution is 2.64. The Bertz CT molecular complexity index is 691. The van der Waals surface area contributed by atoms with Crippen LogP contribution in [0.4, 0.5) is 0 Å². The van der Waals surface area contributed by atoms with Crippen LogP contribution in [0.3, 0.4) is 0 Å².